The Morgan fingerprint density at radius 1 is 1.32 bits per heavy atom. The Morgan fingerprint density at radius 3 is 2.79 bits per heavy atom. The molecule has 0 aromatic heterocycles. The van der Waals surface area contributed by atoms with Crippen LogP contribution in [0.5, 0.6) is 0 Å². The molecule has 0 radical (unpaired) electrons. The van der Waals surface area contributed by atoms with Crippen molar-refractivity contribution >= 4 is 17.3 Å². The number of hydrogen-bond acceptors (Lipinski definition) is 4. The van der Waals surface area contributed by atoms with Gasteiger partial charge < -0.3 is 16.8 Å². The molecule has 102 valence electrons. The first-order chi connectivity index (χ1) is 9.13. The van der Waals surface area contributed by atoms with E-state index in [-0.39, 0.29) is 0 Å². The normalized spacial score (nSPS) is 23.5. The number of carbonyl (C=O) groups excluding carboxylic acids is 1. The molecule has 2 fully saturated rings. The number of anilines is 2. The van der Waals surface area contributed by atoms with Crippen LogP contribution >= 0.6 is 0 Å². The molecule has 3 rings (SSSR count). The molecule has 0 spiro atoms. The summed E-state index contributed by atoms with van der Waals surface area (Å²) in [5.74, 6) is -0.479. The smallest absolute Gasteiger partial charge is 0.250 e. The number of carbonyl (C=O) groups is 1. The van der Waals surface area contributed by atoms with Crippen molar-refractivity contribution in [1.82, 2.24) is 4.90 Å². The Kier molecular flexibility index (Phi) is 3.06. The maximum absolute atomic E-state index is 11.3. The minimum absolute atomic E-state index is 0.391. The Hall–Kier alpha value is -1.75. The first-order valence-electron chi connectivity index (χ1n) is 6.83. The first-order valence-corrected chi connectivity index (χ1v) is 6.83. The van der Waals surface area contributed by atoms with E-state index >= 15 is 0 Å². The van der Waals surface area contributed by atoms with Crippen LogP contribution in [0.15, 0.2) is 18.2 Å². The van der Waals surface area contributed by atoms with Gasteiger partial charge in [-0.1, -0.05) is 0 Å². The quantitative estimate of drug-likeness (QED) is 0.706. The van der Waals surface area contributed by atoms with E-state index < -0.39 is 5.91 Å². The summed E-state index contributed by atoms with van der Waals surface area (Å²) in [4.78, 5) is 13.8. The fourth-order valence-electron chi connectivity index (χ4n) is 2.77. The molecule has 19 heavy (non-hydrogen) atoms. The second-order valence-electron chi connectivity index (χ2n) is 5.52. The summed E-state index contributed by atoms with van der Waals surface area (Å²) in [6.45, 7) is 2.25. The standard InChI is InChI=1S/C14H20N4O/c15-13-4-1-9(7-12(13)14(16)19)17-10-5-6-18(8-10)11-2-3-11/h1,4,7,10-11,17H,2-3,5-6,8,15H2,(H2,16,19). The van der Waals surface area contributed by atoms with Crippen LogP contribution in [-0.4, -0.2) is 36.0 Å². The third kappa shape index (κ3) is 2.66. The molecular weight excluding hydrogens is 240 g/mol. The van der Waals surface area contributed by atoms with Gasteiger partial charge in [-0.05, 0) is 37.5 Å². The Balaban J connectivity index is 1.66. The molecule has 5 nitrogen and oxygen atoms in total. The van der Waals surface area contributed by atoms with Crippen molar-refractivity contribution in [2.24, 2.45) is 5.73 Å². The van der Waals surface area contributed by atoms with Crippen molar-refractivity contribution in [2.75, 3.05) is 24.1 Å². The summed E-state index contributed by atoms with van der Waals surface area (Å²) in [6, 6.07) is 6.65. The average molecular weight is 260 g/mol. The van der Waals surface area contributed by atoms with E-state index in [0.29, 0.717) is 17.3 Å². The van der Waals surface area contributed by atoms with Gasteiger partial charge in [0.1, 0.15) is 0 Å². The van der Waals surface area contributed by atoms with E-state index in [2.05, 4.69) is 10.2 Å². The lowest BCUT2D eigenvalue weighted by molar-refractivity contribution is 0.100. The van der Waals surface area contributed by atoms with Gasteiger partial charge in [-0.2, -0.15) is 0 Å². The van der Waals surface area contributed by atoms with Gasteiger partial charge in [0.25, 0.3) is 5.91 Å². The van der Waals surface area contributed by atoms with Crippen LogP contribution in [0, 0.1) is 0 Å². The number of rotatable bonds is 4. The maximum Gasteiger partial charge on any atom is 0.250 e. The summed E-state index contributed by atoms with van der Waals surface area (Å²) < 4.78 is 0. The number of likely N-dealkylation sites (tertiary alicyclic amines) is 1. The molecule has 1 aromatic carbocycles. The van der Waals surface area contributed by atoms with Gasteiger partial charge in [-0.3, -0.25) is 9.69 Å². The second kappa shape index (κ2) is 4.74. The van der Waals surface area contributed by atoms with Crippen molar-refractivity contribution < 1.29 is 4.79 Å². The van der Waals surface area contributed by atoms with Crippen molar-refractivity contribution in [1.29, 1.82) is 0 Å². The summed E-state index contributed by atoms with van der Waals surface area (Å²) >= 11 is 0. The second-order valence-corrected chi connectivity index (χ2v) is 5.52. The SMILES string of the molecule is NC(=O)c1cc(NC2CCN(C3CC3)C2)ccc1N. The van der Waals surface area contributed by atoms with Crippen molar-refractivity contribution in [3.63, 3.8) is 0 Å². The molecule has 1 atom stereocenters. The monoisotopic (exact) mass is 260 g/mol. The van der Waals surface area contributed by atoms with E-state index in [0.717, 1.165) is 24.7 Å². The van der Waals surface area contributed by atoms with Crippen LogP contribution in [-0.2, 0) is 0 Å². The van der Waals surface area contributed by atoms with Crippen LogP contribution in [0.25, 0.3) is 0 Å². The molecule has 1 saturated carbocycles. The minimum Gasteiger partial charge on any atom is -0.398 e. The largest absolute Gasteiger partial charge is 0.398 e. The molecule has 1 aromatic rings. The number of nitrogens with zero attached hydrogens (tertiary/aromatic N) is 1. The molecule has 5 N–H and O–H groups in total. The summed E-state index contributed by atoms with van der Waals surface area (Å²) in [5, 5.41) is 3.47. The first kappa shape index (κ1) is 12.3. The number of nitrogens with two attached hydrogens (primary N) is 2. The topological polar surface area (TPSA) is 84.4 Å². The summed E-state index contributed by atoms with van der Waals surface area (Å²) in [6.07, 6.45) is 3.84. The zero-order chi connectivity index (χ0) is 13.4. The number of benzene rings is 1. The van der Waals surface area contributed by atoms with Crippen molar-refractivity contribution in [3.8, 4) is 0 Å². The molecule has 1 aliphatic heterocycles. The zero-order valence-electron chi connectivity index (χ0n) is 10.9. The predicted molar refractivity (Wildman–Crippen MR) is 76.0 cm³/mol. The average Bonchev–Trinajstić information content (AvgIpc) is 3.12. The Bertz CT molecular complexity index is 498. The number of nitrogens with one attached hydrogen (secondary N) is 1. The molecule has 1 aliphatic carbocycles. The van der Waals surface area contributed by atoms with Crippen LogP contribution in [0.1, 0.15) is 29.6 Å². The lowest BCUT2D eigenvalue weighted by Crippen LogP contribution is -2.27. The van der Waals surface area contributed by atoms with Gasteiger partial charge in [0.15, 0.2) is 0 Å². The number of nitrogen functional groups attached to an aromatic ring is 1. The van der Waals surface area contributed by atoms with Gasteiger partial charge in [0, 0.05) is 36.5 Å². The Labute approximate surface area is 112 Å². The van der Waals surface area contributed by atoms with E-state index in [9.17, 15) is 4.79 Å². The molecule has 0 bridgehead atoms. The number of primary amides is 1. The van der Waals surface area contributed by atoms with Gasteiger partial charge in [-0.15, -0.1) is 0 Å². The van der Waals surface area contributed by atoms with Crippen LogP contribution < -0.4 is 16.8 Å². The molecular formula is C14H20N4O. The third-order valence-corrected chi connectivity index (χ3v) is 3.97. The van der Waals surface area contributed by atoms with Crippen LogP contribution in [0.3, 0.4) is 0 Å². The lowest BCUT2D eigenvalue weighted by Gasteiger charge is -2.17. The number of amides is 1. The van der Waals surface area contributed by atoms with Crippen LogP contribution in [0.4, 0.5) is 11.4 Å². The summed E-state index contributed by atoms with van der Waals surface area (Å²) in [7, 11) is 0. The molecule has 1 amide bonds. The number of hydrogen-bond donors (Lipinski definition) is 3. The molecule has 5 heteroatoms. The van der Waals surface area contributed by atoms with Gasteiger partial charge >= 0.3 is 0 Å². The highest BCUT2D eigenvalue weighted by Gasteiger charge is 2.34. The van der Waals surface area contributed by atoms with Crippen molar-refractivity contribution in [3.05, 3.63) is 23.8 Å². The highest BCUT2D eigenvalue weighted by atomic mass is 16.1. The molecule has 1 heterocycles. The molecule has 1 unspecified atom stereocenters. The molecule has 2 aliphatic rings. The van der Waals surface area contributed by atoms with Crippen molar-refractivity contribution in [2.45, 2.75) is 31.3 Å². The van der Waals surface area contributed by atoms with E-state index in [4.69, 9.17) is 11.5 Å². The fraction of sp³-hybridized carbons (Fsp3) is 0.500. The van der Waals surface area contributed by atoms with E-state index in [1.54, 1.807) is 12.1 Å². The third-order valence-electron chi connectivity index (χ3n) is 3.97. The fourth-order valence-corrected chi connectivity index (χ4v) is 2.77. The van der Waals surface area contributed by atoms with Crippen LogP contribution in [0.2, 0.25) is 0 Å². The maximum atomic E-state index is 11.3. The zero-order valence-corrected chi connectivity index (χ0v) is 10.9. The van der Waals surface area contributed by atoms with E-state index in [1.165, 1.54) is 19.4 Å². The minimum atomic E-state index is -0.479. The van der Waals surface area contributed by atoms with Gasteiger partial charge in [-0.25, -0.2) is 0 Å². The Morgan fingerprint density at radius 2 is 2.11 bits per heavy atom. The molecule has 1 saturated heterocycles. The van der Waals surface area contributed by atoms with Gasteiger partial charge in [0.2, 0.25) is 0 Å². The summed E-state index contributed by atoms with van der Waals surface area (Å²) in [5.41, 5.74) is 12.8. The lowest BCUT2D eigenvalue weighted by atomic mass is 10.1. The van der Waals surface area contributed by atoms with Gasteiger partial charge in [0.05, 0.1) is 5.56 Å². The van der Waals surface area contributed by atoms with E-state index in [1.807, 2.05) is 6.07 Å². The highest BCUT2D eigenvalue weighted by molar-refractivity contribution is 5.98. The predicted octanol–water partition coefficient (Wildman–Crippen LogP) is 1.02. The highest BCUT2D eigenvalue weighted by Crippen LogP contribution is 2.30.